The fourth-order valence-corrected chi connectivity index (χ4v) is 4.62. The first-order valence-corrected chi connectivity index (χ1v) is 9.49. The highest BCUT2D eigenvalue weighted by molar-refractivity contribution is 7.19. The first-order valence-electron chi connectivity index (χ1n) is 7.80. The number of thiophene rings is 2. The van der Waals surface area contributed by atoms with Crippen LogP contribution in [0, 0.1) is 17.0 Å². The van der Waals surface area contributed by atoms with Gasteiger partial charge in [-0.05, 0) is 24.6 Å². The lowest BCUT2D eigenvalue weighted by molar-refractivity contribution is -0.384. The number of hydrogen-bond donors (Lipinski definition) is 0. The summed E-state index contributed by atoms with van der Waals surface area (Å²) in [7, 11) is 0. The highest BCUT2D eigenvalue weighted by Crippen LogP contribution is 2.34. The van der Waals surface area contributed by atoms with E-state index in [1.165, 1.54) is 34.7 Å². The van der Waals surface area contributed by atoms with Gasteiger partial charge in [-0.25, -0.2) is 4.98 Å². The van der Waals surface area contributed by atoms with Gasteiger partial charge in [0.25, 0.3) is 11.2 Å². The number of nitro groups is 1. The maximum atomic E-state index is 13.0. The minimum Gasteiger partial charge on any atom is -0.294 e. The van der Waals surface area contributed by atoms with Crippen molar-refractivity contribution in [2.75, 3.05) is 0 Å². The van der Waals surface area contributed by atoms with E-state index >= 15 is 0 Å². The Morgan fingerprint density at radius 3 is 2.62 bits per heavy atom. The van der Waals surface area contributed by atoms with Crippen molar-refractivity contribution in [3.63, 3.8) is 0 Å². The summed E-state index contributed by atoms with van der Waals surface area (Å²) in [6.07, 6.45) is 1.53. The molecule has 0 spiro atoms. The molecule has 26 heavy (non-hydrogen) atoms. The molecule has 3 heterocycles. The number of benzene rings is 1. The van der Waals surface area contributed by atoms with Crippen LogP contribution in [-0.2, 0) is 6.54 Å². The van der Waals surface area contributed by atoms with Crippen LogP contribution in [0.25, 0.3) is 20.7 Å². The number of aromatic nitrogens is 2. The molecule has 1 aromatic carbocycles. The number of fused-ring (bicyclic) bond motifs is 1. The molecule has 0 aliphatic heterocycles. The molecule has 0 unspecified atom stereocenters. The standard InChI is InChI=1S/C18H13N3O3S2/c1-11-2-7-15(26-11)14-9-25-17-16(14)18(22)20(10-19-17)8-12-3-5-13(6-4-12)21(23)24/h2-7,9-10H,8H2,1H3. The quantitative estimate of drug-likeness (QED) is 0.385. The molecule has 0 atom stereocenters. The smallest absolute Gasteiger partial charge is 0.269 e. The summed E-state index contributed by atoms with van der Waals surface area (Å²) in [6, 6.07) is 10.3. The fraction of sp³-hybridized carbons (Fsp3) is 0.111. The largest absolute Gasteiger partial charge is 0.294 e. The van der Waals surface area contributed by atoms with Crippen molar-refractivity contribution in [2.24, 2.45) is 0 Å². The molecule has 130 valence electrons. The normalized spacial score (nSPS) is 11.1. The summed E-state index contributed by atoms with van der Waals surface area (Å²) < 4.78 is 1.54. The monoisotopic (exact) mass is 383 g/mol. The molecule has 8 heteroatoms. The molecular weight excluding hydrogens is 370 g/mol. The second-order valence-corrected chi connectivity index (χ2v) is 7.99. The first-order chi connectivity index (χ1) is 12.5. The summed E-state index contributed by atoms with van der Waals surface area (Å²) in [5.41, 5.74) is 1.65. The van der Waals surface area contributed by atoms with E-state index in [0.717, 1.165) is 20.8 Å². The van der Waals surface area contributed by atoms with Crippen molar-refractivity contribution >= 4 is 38.6 Å². The first kappa shape index (κ1) is 16.6. The maximum Gasteiger partial charge on any atom is 0.269 e. The van der Waals surface area contributed by atoms with E-state index in [1.807, 2.05) is 24.4 Å². The van der Waals surface area contributed by atoms with E-state index in [2.05, 4.69) is 4.98 Å². The van der Waals surface area contributed by atoms with Gasteiger partial charge in [0.05, 0.1) is 23.2 Å². The number of nitro benzene ring substituents is 1. The molecule has 0 N–H and O–H groups in total. The van der Waals surface area contributed by atoms with Gasteiger partial charge in [-0.1, -0.05) is 12.1 Å². The molecule has 0 radical (unpaired) electrons. The Bertz CT molecular complexity index is 1170. The summed E-state index contributed by atoms with van der Waals surface area (Å²) in [4.78, 5) is 30.7. The average molecular weight is 383 g/mol. The molecular formula is C18H13N3O3S2. The van der Waals surface area contributed by atoms with Crippen LogP contribution >= 0.6 is 22.7 Å². The van der Waals surface area contributed by atoms with E-state index in [-0.39, 0.29) is 11.2 Å². The number of hydrogen-bond acceptors (Lipinski definition) is 6. The maximum absolute atomic E-state index is 13.0. The van der Waals surface area contributed by atoms with Gasteiger partial charge in [0.2, 0.25) is 0 Å². The minimum absolute atomic E-state index is 0.0304. The van der Waals surface area contributed by atoms with Crippen LogP contribution in [0.3, 0.4) is 0 Å². The second-order valence-electron chi connectivity index (χ2n) is 5.84. The van der Waals surface area contributed by atoms with Crippen LogP contribution in [-0.4, -0.2) is 14.5 Å². The minimum atomic E-state index is -0.440. The van der Waals surface area contributed by atoms with Gasteiger partial charge < -0.3 is 0 Å². The molecule has 0 amide bonds. The topological polar surface area (TPSA) is 78.0 Å². The van der Waals surface area contributed by atoms with Crippen molar-refractivity contribution < 1.29 is 4.92 Å². The molecule has 6 nitrogen and oxygen atoms in total. The van der Waals surface area contributed by atoms with Crippen LogP contribution in [0.2, 0.25) is 0 Å². The van der Waals surface area contributed by atoms with Crippen LogP contribution in [0.4, 0.5) is 5.69 Å². The van der Waals surface area contributed by atoms with Gasteiger partial charge >= 0.3 is 0 Å². The highest BCUT2D eigenvalue weighted by Gasteiger charge is 2.15. The molecule has 0 saturated heterocycles. The van der Waals surface area contributed by atoms with Crippen molar-refractivity contribution in [3.05, 3.63) is 79.0 Å². The lowest BCUT2D eigenvalue weighted by atomic mass is 10.2. The SMILES string of the molecule is Cc1ccc(-c2csc3ncn(Cc4ccc([N+](=O)[O-])cc4)c(=O)c23)s1. The number of nitrogens with zero attached hydrogens (tertiary/aromatic N) is 3. The summed E-state index contributed by atoms with van der Waals surface area (Å²) in [6.45, 7) is 2.35. The predicted octanol–water partition coefficient (Wildman–Crippen LogP) is 4.45. The molecule has 3 aromatic heterocycles. The zero-order chi connectivity index (χ0) is 18.3. The van der Waals surface area contributed by atoms with Crippen LogP contribution in [0.5, 0.6) is 0 Å². The van der Waals surface area contributed by atoms with Gasteiger partial charge in [0, 0.05) is 32.8 Å². The van der Waals surface area contributed by atoms with Gasteiger partial charge in [0.15, 0.2) is 0 Å². The molecule has 4 rings (SSSR count). The lowest BCUT2D eigenvalue weighted by Crippen LogP contribution is -2.20. The van der Waals surface area contributed by atoms with E-state index in [4.69, 9.17) is 0 Å². The zero-order valence-corrected chi connectivity index (χ0v) is 15.3. The summed E-state index contributed by atoms with van der Waals surface area (Å²) in [5, 5.41) is 13.4. The second kappa shape index (κ2) is 6.47. The Morgan fingerprint density at radius 2 is 1.96 bits per heavy atom. The van der Waals surface area contributed by atoms with Crippen molar-refractivity contribution in [2.45, 2.75) is 13.5 Å². The van der Waals surface area contributed by atoms with Crippen LogP contribution in [0.1, 0.15) is 10.4 Å². The molecule has 0 saturated carbocycles. The Hall–Kier alpha value is -2.84. The third kappa shape index (κ3) is 2.93. The van der Waals surface area contributed by atoms with E-state index < -0.39 is 4.92 Å². The summed E-state index contributed by atoms with van der Waals surface area (Å²) >= 11 is 3.11. The molecule has 4 aromatic rings. The number of aryl methyl sites for hydroxylation is 1. The Kier molecular flexibility index (Phi) is 4.14. The summed E-state index contributed by atoms with van der Waals surface area (Å²) in [5.74, 6) is 0. The molecule has 0 aliphatic rings. The number of rotatable bonds is 4. The van der Waals surface area contributed by atoms with Crippen molar-refractivity contribution in [3.8, 4) is 10.4 Å². The molecule has 0 fully saturated rings. The Morgan fingerprint density at radius 1 is 1.19 bits per heavy atom. The molecule has 0 bridgehead atoms. The fourth-order valence-electron chi connectivity index (χ4n) is 2.76. The van der Waals surface area contributed by atoms with Crippen LogP contribution < -0.4 is 5.56 Å². The van der Waals surface area contributed by atoms with Gasteiger partial charge in [-0.2, -0.15) is 0 Å². The van der Waals surface area contributed by atoms with Gasteiger partial charge in [0.1, 0.15) is 4.83 Å². The Labute approximate surface area is 156 Å². The third-order valence-electron chi connectivity index (χ3n) is 4.07. The van der Waals surface area contributed by atoms with E-state index in [9.17, 15) is 14.9 Å². The van der Waals surface area contributed by atoms with Crippen molar-refractivity contribution in [1.29, 1.82) is 0 Å². The van der Waals surface area contributed by atoms with Gasteiger partial charge in [-0.3, -0.25) is 19.5 Å². The average Bonchev–Trinajstić information content (AvgIpc) is 3.24. The molecule has 0 aliphatic carbocycles. The lowest BCUT2D eigenvalue weighted by Gasteiger charge is -2.06. The highest BCUT2D eigenvalue weighted by atomic mass is 32.1. The number of non-ortho nitro benzene ring substituents is 1. The third-order valence-corrected chi connectivity index (χ3v) is 5.99. The Balaban J connectivity index is 1.75. The van der Waals surface area contributed by atoms with Crippen LogP contribution in [0.15, 0.2) is 52.9 Å². The predicted molar refractivity (Wildman–Crippen MR) is 104 cm³/mol. The van der Waals surface area contributed by atoms with E-state index in [0.29, 0.717) is 11.9 Å². The van der Waals surface area contributed by atoms with Crippen molar-refractivity contribution in [1.82, 2.24) is 9.55 Å². The van der Waals surface area contributed by atoms with E-state index in [1.54, 1.807) is 28.0 Å². The zero-order valence-electron chi connectivity index (χ0n) is 13.7. The van der Waals surface area contributed by atoms with Gasteiger partial charge in [-0.15, -0.1) is 22.7 Å².